The summed E-state index contributed by atoms with van der Waals surface area (Å²) in [6.45, 7) is 9.21. The van der Waals surface area contributed by atoms with E-state index < -0.39 is 8.32 Å². The first-order valence-electron chi connectivity index (χ1n) is 11.1. The monoisotopic (exact) mass is 570 g/mol. The summed E-state index contributed by atoms with van der Waals surface area (Å²) in [6, 6.07) is 32.4. The molecule has 0 aliphatic carbocycles. The van der Waals surface area contributed by atoms with Gasteiger partial charge in [0.2, 0.25) is 0 Å². The Hall–Kier alpha value is -1.46. The molecule has 0 fully saturated rings. The van der Waals surface area contributed by atoms with Gasteiger partial charge in [0.15, 0.2) is 0 Å². The molecular formula is C28H32Br2OSi. The molecule has 0 N–H and O–H groups in total. The van der Waals surface area contributed by atoms with Gasteiger partial charge in [0, 0.05) is 12.0 Å². The molecule has 0 aliphatic heterocycles. The van der Waals surface area contributed by atoms with E-state index in [0.29, 0.717) is 0 Å². The number of hydrogen-bond acceptors (Lipinski definition) is 1. The second-order valence-corrected chi connectivity index (χ2v) is 16.3. The summed E-state index contributed by atoms with van der Waals surface area (Å²) < 4.78 is 8.32. The summed E-state index contributed by atoms with van der Waals surface area (Å²) in [5.41, 5.74) is 1.31. The van der Waals surface area contributed by atoms with Gasteiger partial charge in [0.1, 0.15) is 0 Å². The van der Waals surface area contributed by atoms with Gasteiger partial charge in [0.05, 0.1) is 3.39 Å². The minimum absolute atomic E-state index is 0.0200. The predicted molar refractivity (Wildman–Crippen MR) is 148 cm³/mol. The fraction of sp³-hybridized carbons (Fsp3) is 0.286. The van der Waals surface area contributed by atoms with Gasteiger partial charge < -0.3 is 4.43 Å². The molecule has 0 aromatic heterocycles. The van der Waals surface area contributed by atoms with Crippen molar-refractivity contribution in [3.63, 3.8) is 0 Å². The van der Waals surface area contributed by atoms with Crippen molar-refractivity contribution in [2.45, 2.75) is 45.3 Å². The van der Waals surface area contributed by atoms with Gasteiger partial charge in [-0.1, -0.05) is 118 Å². The van der Waals surface area contributed by atoms with Crippen LogP contribution in [-0.2, 0) is 10.8 Å². The van der Waals surface area contributed by atoms with E-state index in [-0.39, 0.29) is 17.1 Å². The van der Waals surface area contributed by atoms with Crippen LogP contribution in [0.4, 0.5) is 0 Å². The first-order chi connectivity index (χ1) is 15.2. The van der Waals surface area contributed by atoms with Crippen LogP contribution in [0.1, 0.15) is 33.3 Å². The molecule has 0 radical (unpaired) electrons. The summed E-state index contributed by atoms with van der Waals surface area (Å²) in [5, 5.41) is 2.58. The SMILES string of the molecule is C[C@H](O[Si](c1ccccc1)(c1ccccc1)C(C)(C)C)[C@@H](C=C(Br)Br)Cc1ccccc1. The van der Waals surface area contributed by atoms with E-state index in [0.717, 1.165) is 9.81 Å². The van der Waals surface area contributed by atoms with Crippen LogP contribution >= 0.6 is 31.9 Å². The van der Waals surface area contributed by atoms with Crippen molar-refractivity contribution in [1.82, 2.24) is 0 Å². The zero-order valence-electron chi connectivity index (χ0n) is 19.3. The van der Waals surface area contributed by atoms with Gasteiger partial charge in [0.25, 0.3) is 8.32 Å². The Bertz CT molecular complexity index is 954. The lowest BCUT2D eigenvalue weighted by Gasteiger charge is -2.45. The molecule has 168 valence electrons. The van der Waals surface area contributed by atoms with Gasteiger partial charge in [-0.25, -0.2) is 0 Å². The molecule has 32 heavy (non-hydrogen) atoms. The highest BCUT2D eigenvalue weighted by Gasteiger charge is 2.51. The van der Waals surface area contributed by atoms with E-state index in [9.17, 15) is 0 Å². The molecule has 3 aromatic rings. The van der Waals surface area contributed by atoms with Crippen LogP contribution in [0.25, 0.3) is 0 Å². The van der Waals surface area contributed by atoms with E-state index in [1.165, 1.54) is 15.9 Å². The van der Waals surface area contributed by atoms with E-state index in [1.54, 1.807) is 0 Å². The zero-order valence-corrected chi connectivity index (χ0v) is 23.4. The van der Waals surface area contributed by atoms with Gasteiger partial charge in [-0.2, -0.15) is 0 Å². The third-order valence-corrected chi connectivity index (χ3v) is 11.7. The lowest BCUT2D eigenvalue weighted by Crippen LogP contribution is -2.68. The molecule has 3 rings (SSSR count). The van der Waals surface area contributed by atoms with Crippen LogP contribution in [0.5, 0.6) is 0 Å². The fourth-order valence-electron chi connectivity index (χ4n) is 4.47. The van der Waals surface area contributed by atoms with Crippen molar-refractivity contribution in [3.05, 3.63) is 106 Å². The second kappa shape index (κ2) is 11.1. The standard InChI is InChI=1S/C28H32Br2OSi/c1-22(24(21-27(29)30)20-23-14-8-5-9-15-23)31-32(28(2,3)4,25-16-10-6-11-17-25)26-18-12-7-13-19-26/h5-19,21-22,24H,20H2,1-4H3/t22-,24+/m0/s1. The molecule has 3 aromatic carbocycles. The van der Waals surface area contributed by atoms with E-state index in [2.05, 4.69) is 157 Å². The topological polar surface area (TPSA) is 9.23 Å². The largest absolute Gasteiger partial charge is 0.404 e. The Balaban J connectivity index is 2.09. The number of benzene rings is 3. The van der Waals surface area contributed by atoms with Crippen molar-refractivity contribution < 1.29 is 4.43 Å². The van der Waals surface area contributed by atoms with Crippen LogP contribution in [0, 0.1) is 5.92 Å². The maximum atomic E-state index is 7.36. The Morgan fingerprint density at radius 3 is 1.66 bits per heavy atom. The highest BCUT2D eigenvalue weighted by molar-refractivity contribution is 9.28. The fourth-order valence-corrected chi connectivity index (χ4v) is 9.89. The molecule has 0 amide bonds. The van der Waals surface area contributed by atoms with Crippen molar-refractivity contribution in [2.24, 2.45) is 5.92 Å². The Morgan fingerprint density at radius 1 is 0.812 bits per heavy atom. The Morgan fingerprint density at radius 2 is 1.25 bits per heavy atom. The van der Waals surface area contributed by atoms with Crippen LogP contribution < -0.4 is 10.4 Å². The number of halogens is 2. The van der Waals surface area contributed by atoms with Gasteiger partial charge >= 0.3 is 0 Å². The summed E-state index contributed by atoms with van der Waals surface area (Å²) in [7, 11) is -2.60. The first kappa shape index (κ1) is 25.2. The molecule has 0 heterocycles. The van der Waals surface area contributed by atoms with Crippen LogP contribution in [0.15, 0.2) is 100 Å². The molecule has 1 nitrogen and oxygen atoms in total. The lowest BCUT2D eigenvalue weighted by atomic mass is 9.95. The van der Waals surface area contributed by atoms with Gasteiger partial charge in [-0.15, -0.1) is 0 Å². The molecular weight excluding hydrogens is 540 g/mol. The number of hydrogen-bond donors (Lipinski definition) is 0. The average molecular weight is 572 g/mol. The third kappa shape index (κ3) is 5.90. The summed E-state index contributed by atoms with van der Waals surface area (Å²) in [5.74, 6) is 0.216. The number of rotatable bonds is 8. The zero-order chi connectivity index (χ0) is 23.2. The quantitative estimate of drug-likeness (QED) is 0.255. The summed E-state index contributed by atoms with van der Waals surface area (Å²) >= 11 is 7.20. The van der Waals surface area contributed by atoms with Crippen molar-refractivity contribution in [2.75, 3.05) is 0 Å². The smallest absolute Gasteiger partial charge is 0.261 e. The predicted octanol–water partition coefficient (Wildman–Crippen LogP) is 7.44. The van der Waals surface area contributed by atoms with E-state index >= 15 is 0 Å². The third-order valence-electron chi connectivity index (χ3n) is 6.04. The van der Waals surface area contributed by atoms with E-state index in [1.807, 2.05) is 0 Å². The maximum absolute atomic E-state index is 7.36. The minimum atomic E-state index is -2.60. The highest BCUT2D eigenvalue weighted by atomic mass is 79.9. The minimum Gasteiger partial charge on any atom is -0.404 e. The maximum Gasteiger partial charge on any atom is 0.261 e. The summed E-state index contributed by atoms with van der Waals surface area (Å²) in [6.07, 6.45) is 3.17. The first-order valence-corrected chi connectivity index (χ1v) is 14.6. The second-order valence-electron chi connectivity index (χ2n) is 9.30. The van der Waals surface area contributed by atoms with Crippen LogP contribution in [0.2, 0.25) is 5.04 Å². The van der Waals surface area contributed by atoms with Crippen molar-refractivity contribution in [1.29, 1.82) is 0 Å². The highest BCUT2D eigenvalue weighted by Crippen LogP contribution is 2.39. The molecule has 0 unspecified atom stereocenters. The molecule has 0 spiro atoms. The lowest BCUT2D eigenvalue weighted by molar-refractivity contribution is 0.162. The Kier molecular flexibility index (Phi) is 8.73. The molecule has 0 bridgehead atoms. The van der Waals surface area contributed by atoms with E-state index in [4.69, 9.17) is 4.43 Å². The normalized spacial score (nSPS) is 13.9. The molecule has 2 atom stereocenters. The van der Waals surface area contributed by atoms with Gasteiger partial charge in [-0.3, -0.25) is 0 Å². The Labute approximate surface area is 211 Å². The molecule has 4 heteroatoms. The van der Waals surface area contributed by atoms with Crippen molar-refractivity contribution in [3.8, 4) is 0 Å². The molecule has 0 saturated heterocycles. The molecule has 0 aliphatic rings. The summed E-state index contributed by atoms with van der Waals surface area (Å²) in [4.78, 5) is 0. The van der Waals surface area contributed by atoms with Crippen molar-refractivity contribution >= 4 is 50.6 Å². The van der Waals surface area contributed by atoms with Crippen LogP contribution in [0.3, 0.4) is 0 Å². The average Bonchev–Trinajstić information content (AvgIpc) is 2.77. The van der Waals surface area contributed by atoms with Gasteiger partial charge in [-0.05, 0) is 66.2 Å². The van der Waals surface area contributed by atoms with Crippen LogP contribution in [-0.4, -0.2) is 14.4 Å². The molecule has 0 saturated carbocycles.